The van der Waals surface area contributed by atoms with Gasteiger partial charge in [-0.25, -0.2) is 4.98 Å². The van der Waals surface area contributed by atoms with E-state index in [0.717, 1.165) is 32.6 Å². The third kappa shape index (κ3) is 4.77. The molecule has 0 spiro atoms. The fraction of sp³-hybridized carbons (Fsp3) is 0.308. The van der Waals surface area contributed by atoms with Crippen LogP contribution in [0.15, 0.2) is 54.6 Å². The van der Waals surface area contributed by atoms with Gasteiger partial charge in [-0.3, -0.25) is 20.0 Å². The van der Waals surface area contributed by atoms with Gasteiger partial charge in [-0.1, -0.05) is 36.8 Å². The molecule has 10 heteroatoms. The van der Waals surface area contributed by atoms with E-state index in [9.17, 15) is 18.0 Å². The Bertz CT molecular complexity index is 1460. The molecular formula is C26H24F3N5OS. The number of aromatic nitrogens is 4. The van der Waals surface area contributed by atoms with E-state index in [1.807, 2.05) is 37.3 Å². The largest absolute Gasteiger partial charge is 0.471 e. The molecule has 2 unspecified atom stereocenters. The van der Waals surface area contributed by atoms with Crippen molar-refractivity contribution in [2.45, 2.75) is 50.7 Å². The minimum atomic E-state index is -5.00. The third-order valence-corrected chi connectivity index (χ3v) is 6.88. The van der Waals surface area contributed by atoms with Gasteiger partial charge in [-0.05, 0) is 73.8 Å². The Morgan fingerprint density at radius 3 is 2.53 bits per heavy atom. The van der Waals surface area contributed by atoms with E-state index < -0.39 is 18.1 Å². The van der Waals surface area contributed by atoms with Crippen LogP contribution in [0.1, 0.15) is 47.8 Å². The van der Waals surface area contributed by atoms with Gasteiger partial charge in [-0.2, -0.15) is 13.2 Å². The summed E-state index contributed by atoms with van der Waals surface area (Å²) in [6.45, 7) is 1.93. The molecular weight excluding hydrogens is 487 g/mol. The lowest BCUT2D eigenvalue weighted by atomic mass is 9.98. The molecule has 2 atom stereocenters. The molecule has 1 aliphatic rings. The van der Waals surface area contributed by atoms with Crippen LogP contribution in [0.5, 0.6) is 0 Å². The number of aromatic amines is 2. The van der Waals surface area contributed by atoms with Gasteiger partial charge < -0.3 is 4.90 Å². The highest BCUT2D eigenvalue weighted by atomic mass is 32.1. The zero-order valence-electron chi connectivity index (χ0n) is 19.5. The highest BCUT2D eigenvalue weighted by Crippen LogP contribution is 2.40. The molecule has 36 heavy (non-hydrogen) atoms. The Balaban J connectivity index is 1.47. The number of pyridine rings is 1. The van der Waals surface area contributed by atoms with Crippen LogP contribution in [0.2, 0.25) is 0 Å². The molecule has 0 aliphatic heterocycles. The first kappa shape index (κ1) is 24.2. The lowest BCUT2D eigenvalue weighted by Gasteiger charge is -2.33. The quantitative estimate of drug-likeness (QED) is 0.315. The molecule has 6 nitrogen and oxygen atoms in total. The number of aryl methyl sites for hydroxylation is 1. The van der Waals surface area contributed by atoms with Gasteiger partial charge in [0.1, 0.15) is 5.82 Å². The topological polar surface area (TPSA) is 77.7 Å². The van der Waals surface area contributed by atoms with E-state index in [2.05, 4.69) is 20.2 Å². The number of nitrogens with zero attached hydrogens (tertiary/aromatic N) is 3. The van der Waals surface area contributed by atoms with E-state index in [-0.39, 0.29) is 16.4 Å². The zero-order chi connectivity index (χ0) is 25.4. The Morgan fingerprint density at radius 1 is 1.08 bits per heavy atom. The Morgan fingerprint density at radius 2 is 1.83 bits per heavy atom. The molecule has 2 aromatic heterocycles. The van der Waals surface area contributed by atoms with Crippen molar-refractivity contribution in [1.29, 1.82) is 0 Å². The molecule has 1 saturated carbocycles. The summed E-state index contributed by atoms with van der Waals surface area (Å²) >= 11 is 5.02. The summed E-state index contributed by atoms with van der Waals surface area (Å²) < 4.78 is 41.3. The van der Waals surface area contributed by atoms with E-state index in [1.165, 1.54) is 0 Å². The highest BCUT2D eigenvalue weighted by molar-refractivity contribution is 7.71. The molecule has 2 N–H and O–H groups in total. The molecule has 2 aromatic carbocycles. The van der Waals surface area contributed by atoms with Gasteiger partial charge in [0.15, 0.2) is 0 Å². The number of alkyl halides is 3. The molecule has 0 radical (unpaired) electrons. The number of rotatable bonds is 5. The fourth-order valence-corrected chi connectivity index (χ4v) is 5.31. The number of H-pyrrole nitrogens is 2. The SMILES string of the molecule is Cc1cc(Cc2ccc(N(C(=O)C(F)(F)F)C3CCCC3c3nc(=S)[nH][nH]3)cc2)c2ccccc2n1. The van der Waals surface area contributed by atoms with E-state index in [4.69, 9.17) is 12.2 Å². The number of fused-ring (bicyclic) bond motifs is 1. The van der Waals surface area contributed by atoms with Gasteiger partial charge in [0.05, 0.1) is 5.52 Å². The number of nitrogens with one attached hydrogen (secondary N) is 2. The summed E-state index contributed by atoms with van der Waals surface area (Å²) in [5.41, 5.74) is 4.01. The average molecular weight is 512 g/mol. The maximum atomic E-state index is 13.7. The van der Waals surface area contributed by atoms with Crippen molar-refractivity contribution in [2.24, 2.45) is 0 Å². The summed E-state index contributed by atoms with van der Waals surface area (Å²) in [7, 11) is 0. The van der Waals surface area contributed by atoms with Gasteiger partial charge >= 0.3 is 12.1 Å². The number of amides is 1. The maximum Gasteiger partial charge on any atom is 0.471 e. The minimum Gasteiger partial charge on any atom is -0.301 e. The smallest absolute Gasteiger partial charge is 0.301 e. The molecule has 5 rings (SSSR count). The van der Waals surface area contributed by atoms with Gasteiger partial charge in [0.2, 0.25) is 4.77 Å². The predicted octanol–water partition coefficient (Wildman–Crippen LogP) is 6.15. The second kappa shape index (κ2) is 9.50. The molecule has 1 aliphatic carbocycles. The van der Waals surface area contributed by atoms with Crippen LogP contribution in [0.4, 0.5) is 18.9 Å². The summed E-state index contributed by atoms with van der Waals surface area (Å²) in [6.07, 6.45) is -2.69. The predicted molar refractivity (Wildman–Crippen MR) is 133 cm³/mol. The summed E-state index contributed by atoms with van der Waals surface area (Å²) in [4.78, 5) is 22.3. The summed E-state index contributed by atoms with van der Waals surface area (Å²) in [5, 5.41) is 6.59. The Labute approximate surface area is 210 Å². The number of carbonyl (C=O) groups excluding carboxylic acids is 1. The normalized spacial score (nSPS) is 18.0. The number of hydrogen-bond acceptors (Lipinski definition) is 4. The third-order valence-electron chi connectivity index (χ3n) is 6.68. The highest BCUT2D eigenvalue weighted by Gasteiger charge is 2.48. The van der Waals surface area contributed by atoms with Gasteiger partial charge in [0, 0.05) is 28.7 Å². The van der Waals surface area contributed by atoms with Crippen LogP contribution in [-0.2, 0) is 11.2 Å². The molecule has 1 amide bonds. The van der Waals surface area contributed by atoms with Crippen molar-refractivity contribution < 1.29 is 18.0 Å². The first-order chi connectivity index (χ1) is 17.2. The maximum absolute atomic E-state index is 13.7. The fourth-order valence-electron chi connectivity index (χ4n) is 5.16. The van der Waals surface area contributed by atoms with Crippen molar-refractivity contribution in [3.05, 3.63) is 82.0 Å². The van der Waals surface area contributed by atoms with Crippen LogP contribution >= 0.6 is 12.2 Å². The lowest BCUT2D eigenvalue weighted by Crippen LogP contribution is -2.48. The first-order valence-corrected chi connectivity index (χ1v) is 12.1. The van der Waals surface area contributed by atoms with Crippen LogP contribution in [0.25, 0.3) is 10.9 Å². The standard InChI is InChI=1S/C26H24F3N5OS/c1-15-13-17(19-5-2-3-7-21(19)30-15)14-16-9-11-18(12-10-16)34(24(35)26(27,28)29)22-8-4-6-20(22)23-31-25(36)33-32-23/h2-3,5,7,9-13,20,22H,4,6,8,14H2,1H3,(H2,31,32,33,36). The van der Waals surface area contributed by atoms with Crippen LogP contribution < -0.4 is 4.90 Å². The van der Waals surface area contributed by atoms with Crippen molar-refractivity contribution in [3.8, 4) is 0 Å². The van der Waals surface area contributed by atoms with E-state index in [1.54, 1.807) is 24.3 Å². The molecule has 1 fully saturated rings. The van der Waals surface area contributed by atoms with E-state index in [0.29, 0.717) is 31.5 Å². The number of anilines is 1. The monoisotopic (exact) mass is 511 g/mol. The average Bonchev–Trinajstić information content (AvgIpc) is 3.48. The van der Waals surface area contributed by atoms with E-state index >= 15 is 0 Å². The van der Waals surface area contributed by atoms with Crippen molar-refractivity contribution in [1.82, 2.24) is 20.2 Å². The molecule has 0 saturated heterocycles. The van der Waals surface area contributed by atoms with Crippen molar-refractivity contribution in [3.63, 3.8) is 0 Å². The number of para-hydroxylation sites is 1. The summed E-state index contributed by atoms with van der Waals surface area (Å²) in [6, 6.07) is 15.9. The Kier molecular flexibility index (Phi) is 6.38. The molecule has 186 valence electrons. The molecule has 0 bridgehead atoms. The number of halogens is 3. The van der Waals surface area contributed by atoms with Gasteiger partial charge in [0.25, 0.3) is 0 Å². The van der Waals surface area contributed by atoms with Crippen molar-refractivity contribution in [2.75, 3.05) is 4.90 Å². The van der Waals surface area contributed by atoms with Crippen molar-refractivity contribution >= 4 is 34.7 Å². The van der Waals surface area contributed by atoms with Crippen LogP contribution in [0.3, 0.4) is 0 Å². The zero-order valence-corrected chi connectivity index (χ0v) is 20.3. The first-order valence-electron chi connectivity index (χ1n) is 11.7. The number of hydrogen-bond donors (Lipinski definition) is 2. The molecule has 2 heterocycles. The van der Waals surface area contributed by atoms with Crippen LogP contribution in [0, 0.1) is 11.7 Å². The lowest BCUT2D eigenvalue weighted by molar-refractivity contribution is -0.171. The molecule has 4 aromatic rings. The number of benzene rings is 2. The van der Waals surface area contributed by atoms with Crippen LogP contribution in [-0.4, -0.2) is 38.3 Å². The second-order valence-corrected chi connectivity index (χ2v) is 9.50. The second-order valence-electron chi connectivity index (χ2n) is 9.11. The summed E-state index contributed by atoms with van der Waals surface area (Å²) in [5.74, 6) is -1.79. The van der Waals surface area contributed by atoms with Gasteiger partial charge in [-0.15, -0.1) is 0 Å². The number of carbonyl (C=O) groups is 1. The Hall–Kier alpha value is -3.53. The minimum absolute atomic E-state index is 0.211.